The number of rotatable bonds is 10. The van der Waals surface area contributed by atoms with Gasteiger partial charge in [0.2, 0.25) is 0 Å². The summed E-state index contributed by atoms with van der Waals surface area (Å²) < 4.78 is 86.9. The molecule has 4 fully saturated rings. The lowest BCUT2D eigenvalue weighted by Gasteiger charge is -2.60. The van der Waals surface area contributed by atoms with Crippen LogP contribution >= 0.6 is 0 Å². The molecule has 4 aliphatic carbocycles. The minimum atomic E-state index is -4.96. The van der Waals surface area contributed by atoms with Crippen LogP contribution in [0.15, 0.2) is 23.3 Å². The van der Waals surface area contributed by atoms with Gasteiger partial charge in [0.05, 0.1) is 23.9 Å². The maximum absolute atomic E-state index is 11.8. The molecule has 48 heavy (non-hydrogen) atoms. The van der Waals surface area contributed by atoms with Crippen LogP contribution < -0.4 is 0 Å². The van der Waals surface area contributed by atoms with E-state index in [2.05, 4.69) is 44.0 Å². The molecule has 0 aromatic heterocycles. The summed E-state index contributed by atoms with van der Waals surface area (Å²) in [6.45, 7) is 11.9. The van der Waals surface area contributed by atoms with Crippen molar-refractivity contribution in [2.24, 2.45) is 34.5 Å². The van der Waals surface area contributed by atoms with Crippen LogP contribution in [0.25, 0.3) is 0 Å². The fourth-order valence-electron chi connectivity index (χ4n) is 10.3. The van der Waals surface area contributed by atoms with Crippen LogP contribution in [0.4, 0.5) is 0 Å². The van der Waals surface area contributed by atoms with E-state index in [1.807, 2.05) is 6.92 Å². The van der Waals surface area contributed by atoms with Gasteiger partial charge in [-0.25, -0.2) is 8.37 Å². The van der Waals surface area contributed by atoms with Gasteiger partial charge in [0, 0.05) is 0 Å². The molecule has 0 radical (unpaired) electrons. The molecule has 1 heterocycles. The van der Waals surface area contributed by atoms with Crippen molar-refractivity contribution in [3.8, 4) is 0 Å². The van der Waals surface area contributed by atoms with Crippen LogP contribution in [0.3, 0.4) is 0 Å². The lowest BCUT2D eigenvalue weighted by Crippen LogP contribution is -2.61. The average molecular weight is 723 g/mol. The Morgan fingerprint density at radius 1 is 1.02 bits per heavy atom. The predicted octanol–water partition coefficient (Wildman–Crippen LogP) is 3.90. The first-order chi connectivity index (χ1) is 22.1. The van der Waals surface area contributed by atoms with Gasteiger partial charge in [-0.1, -0.05) is 37.1 Å². The Morgan fingerprint density at radius 2 is 1.69 bits per heavy atom. The zero-order valence-corrected chi connectivity index (χ0v) is 30.3. The highest BCUT2D eigenvalue weighted by atomic mass is 32.3. The van der Waals surface area contributed by atoms with E-state index in [4.69, 9.17) is 13.7 Å². The van der Waals surface area contributed by atoms with Gasteiger partial charge in [0.15, 0.2) is 6.29 Å². The lowest BCUT2D eigenvalue weighted by molar-refractivity contribution is -0.312. The molecule has 0 amide bonds. The van der Waals surface area contributed by atoms with Crippen molar-refractivity contribution < 1.29 is 59.1 Å². The summed E-state index contributed by atoms with van der Waals surface area (Å²) in [6, 6.07) is 0. The average Bonchev–Trinajstić information content (AvgIpc) is 3.31. The van der Waals surface area contributed by atoms with Crippen LogP contribution in [0.5, 0.6) is 0 Å². The second kappa shape index (κ2) is 13.5. The summed E-state index contributed by atoms with van der Waals surface area (Å²) in [4.78, 5) is 0. The maximum Gasteiger partial charge on any atom is 0.397 e. The van der Waals surface area contributed by atoms with Crippen LogP contribution in [0.1, 0.15) is 99.3 Å². The highest BCUT2D eigenvalue weighted by molar-refractivity contribution is 7.81. The molecule has 1 saturated heterocycles. The minimum Gasteiger partial charge on any atom is -0.390 e. The molecule has 14 atom stereocenters. The second-order valence-electron chi connectivity index (χ2n) is 15.9. The maximum atomic E-state index is 11.8. The van der Waals surface area contributed by atoms with E-state index >= 15 is 0 Å². The Balaban J connectivity index is 1.45. The third-order valence-electron chi connectivity index (χ3n) is 12.5. The van der Waals surface area contributed by atoms with Gasteiger partial charge in [-0.05, 0) is 120 Å². The van der Waals surface area contributed by atoms with E-state index in [9.17, 15) is 41.3 Å². The SMILES string of the molecule is CC(C)=CCC[C@](C)(O)[C@H]1CC[C@H]2[C@@H]3C[C@H](O[C@@H]4O[C@H](C)[C@@H](OS(=O)(=O)O)[C@H](O)[C@H]4O)[C@H]4C[C@@H](OS(=O)(=O)O)CC[C@]4(C)C3=CC[C@@]21C. The molecule has 0 spiro atoms. The van der Waals surface area contributed by atoms with E-state index in [1.54, 1.807) is 0 Å². The van der Waals surface area contributed by atoms with Crippen LogP contribution in [0.2, 0.25) is 0 Å². The fourth-order valence-corrected chi connectivity index (χ4v) is 11.4. The first kappa shape index (κ1) is 38.3. The molecular formula is C33H54O13S2. The number of hydrogen-bond donors (Lipinski definition) is 5. The molecule has 15 heteroatoms. The number of aliphatic hydroxyl groups excluding tert-OH is 2. The predicted molar refractivity (Wildman–Crippen MR) is 174 cm³/mol. The second-order valence-corrected chi connectivity index (χ2v) is 18.0. The van der Waals surface area contributed by atoms with E-state index in [1.165, 1.54) is 18.1 Å². The van der Waals surface area contributed by atoms with Gasteiger partial charge in [0.25, 0.3) is 0 Å². The zero-order chi connectivity index (χ0) is 35.6. The van der Waals surface area contributed by atoms with Gasteiger partial charge in [0.1, 0.15) is 18.3 Å². The third kappa shape index (κ3) is 7.62. The van der Waals surface area contributed by atoms with Gasteiger partial charge >= 0.3 is 20.8 Å². The third-order valence-corrected chi connectivity index (χ3v) is 13.5. The summed E-state index contributed by atoms with van der Waals surface area (Å²) in [5.74, 6) is 0.0411. The van der Waals surface area contributed by atoms with Crippen LogP contribution in [-0.2, 0) is 38.6 Å². The lowest BCUT2D eigenvalue weighted by atomic mass is 9.47. The molecule has 0 unspecified atom stereocenters. The number of hydrogen-bond acceptors (Lipinski definition) is 11. The summed E-state index contributed by atoms with van der Waals surface area (Å²) in [5.41, 5.74) is 1.00. The quantitative estimate of drug-likeness (QED) is 0.160. The first-order valence-corrected chi connectivity index (χ1v) is 19.8. The Kier molecular flexibility index (Phi) is 10.8. The van der Waals surface area contributed by atoms with Crippen LogP contribution in [0, 0.1) is 34.5 Å². The smallest absolute Gasteiger partial charge is 0.390 e. The normalized spacial score (nSPS) is 44.5. The van der Waals surface area contributed by atoms with Gasteiger partial charge < -0.3 is 24.8 Å². The monoisotopic (exact) mass is 722 g/mol. The van der Waals surface area contributed by atoms with Crippen LogP contribution in [-0.4, -0.2) is 89.8 Å². The zero-order valence-electron chi connectivity index (χ0n) is 28.7. The van der Waals surface area contributed by atoms with Crippen molar-refractivity contribution in [3.05, 3.63) is 23.3 Å². The molecule has 276 valence electrons. The van der Waals surface area contributed by atoms with Crippen molar-refractivity contribution in [3.63, 3.8) is 0 Å². The van der Waals surface area contributed by atoms with Crippen molar-refractivity contribution in [1.29, 1.82) is 0 Å². The van der Waals surface area contributed by atoms with E-state index in [0.29, 0.717) is 25.7 Å². The standard InChI is InChI=1S/C33H54O13S2/c1-18(2)8-7-13-33(6,36)26-10-9-22-21-17-25(44-30-28(35)27(34)29(19(3)43-30)46-48(40,41)42)24-16-20(45-47(37,38)39)11-14-31(24,4)23(21)12-15-32(22,26)5/h8,12,19-22,24-30,34-36H,7,9-11,13-17H2,1-6H3,(H,37,38,39)(H,40,41,42)/t19-,20+,21+,22+,24-,25+,26+,27-,28-,29-,30+,31-,32+,33+/m1/s1. The molecule has 0 aromatic rings. The molecule has 5 aliphatic rings. The number of ether oxygens (including phenoxy) is 2. The summed E-state index contributed by atoms with van der Waals surface area (Å²) in [7, 11) is -9.67. The van der Waals surface area contributed by atoms with E-state index in [-0.39, 0.29) is 35.5 Å². The van der Waals surface area contributed by atoms with Crippen molar-refractivity contribution in [2.45, 2.75) is 148 Å². The molecule has 13 nitrogen and oxygen atoms in total. The molecule has 1 aliphatic heterocycles. The van der Waals surface area contributed by atoms with Gasteiger partial charge in [-0.3, -0.25) is 9.11 Å². The van der Waals surface area contributed by atoms with E-state index < -0.39 is 74.7 Å². The summed E-state index contributed by atoms with van der Waals surface area (Å²) >= 11 is 0. The molecule has 0 aromatic carbocycles. The highest BCUT2D eigenvalue weighted by Gasteiger charge is 2.62. The van der Waals surface area contributed by atoms with Crippen molar-refractivity contribution >= 4 is 20.8 Å². The topological polar surface area (TPSA) is 206 Å². The first-order valence-electron chi connectivity index (χ1n) is 17.1. The Morgan fingerprint density at radius 3 is 2.31 bits per heavy atom. The Hall–Kier alpha value is -0.980. The molecule has 5 rings (SSSR count). The number of allylic oxidation sites excluding steroid dienone is 4. The molecular weight excluding hydrogens is 668 g/mol. The van der Waals surface area contributed by atoms with Gasteiger partial charge in [-0.15, -0.1) is 0 Å². The fraction of sp³-hybridized carbons (Fsp3) is 0.879. The highest BCUT2D eigenvalue weighted by Crippen LogP contribution is 2.67. The largest absolute Gasteiger partial charge is 0.397 e. The number of fused-ring (bicyclic) bond motifs is 5. The Labute approximate surface area is 285 Å². The minimum absolute atomic E-state index is 0.0614. The molecule has 3 saturated carbocycles. The van der Waals surface area contributed by atoms with E-state index in [0.717, 1.165) is 25.7 Å². The van der Waals surface area contributed by atoms with Crippen molar-refractivity contribution in [2.75, 3.05) is 0 Å². The number of aliphatic hydroxyl groups is 3. The molecule has 5 N–H and O–H groups in total. The van der Waals surface area contributed by atoms with Gasteiger partial charge in [-0.2, -0.15) is 16.8 Å². The van der Waals surface area contributed by atoms with Crippen molar-refractivity contribution in [1.82, 2.24) is 0 Å². The summed E-state index contributed by atoms with van der Waals surface area (Å²) in [6.07, 6.45) is 1.25. The molecule has 0 bridgehead atoms. The summed E-state index contributed by atoms with van der Waals surface area (Å²) in [5, 5.41) is 33.7. The Bertz CT molecular complexity index is 1470.